The van der Waals surface area contributed by atoms with Crippen LogP contribution in [0.15, 0.2) is 35.9 Å². The molecule has 0 aliphatic carbocycles. The maximum Gasteiger partial charge on any atom is 0.331 e. The van der Waals surface area contributed by atoms with Crippen molar-refractivity contribution in [3.05, 3.63) is 47.0 Å². The van der Waals surface area contributed by atoms with E-state index in [1.807, 2.05) is 38.1 Å². The molecule has 1 aromatic rings. The van der Waals surface area contributed by atoms with Crippen molar-refractivity contribution in [1.82, 2.24) is 0 Å². The van der Waals surface area contributed by atoms with Crippen LogP contribution in [0, 0.1) is 6.92 Å². The quantitative estimate of drug-likeness (QED) is 0.633. The second kappa shape index (κ2) is 3.29. The van der Waals surface area contributed by atoms with E-state index in [-0.39, 0.29) is 12.1 Å². The summed E-state index contributed by atoms with van der Waals surface area (Å²) in [4.78, 5) is 11.0. The second-order valence-electron chi connectivity index (χ2n) is 3.62. The van der Waals surface area contributed by atoms with E-state index in [0.717, 1.165) is 11.1 Å². The zero-order chi connectivity index (χ0) is 10.1. The summed E-state index contributed by atoms with van der Waals surface area (Å²) < 4.78 is 5.17. The summed E-state index contributed by atoms with van der Waals surface area (Å²) in [6.45, 7) is 3.95. The first kappa shape index (κ1) is 9.00. The Morgan fingerprint density at radius 1 is 1.14 bits per heavy atom. The molecule has 0 saturated carbocycles. The van der Waals surface area contributed by atoms with E-state index >= 15 is 0 Å². The molecule has 1 unspecified atom stereocenters. The molecule has 1 aliphatic rings. The number of hydrogen-bond acceptors (Lipinski definition) is 2. The van der Waals surface area contributed by atoms with Gasteiger partial charge in [-0.25, -0.2) is 4.79 Å². The SMILES string of the molecule is CC1=CC(=O)OC1c1ccc(C)cc1. The molecule has 1 aromatic carbocycles. The Morgan fingerprint density at radius 3 is 2.29 bits per heavy atom. The molecule has 0 amide bonds. The summed E-state index contributed by atoms with van der Waals surface area (Å²) in [6, 6.07) is 8.04. The van der Waals surface area contributed by atoms with Gasteiger partial charge in [-0.2, -0.15) is 0 Å². The largest absolute Gasteiger partial charge is 0.450 e. The van der Waals surface area contributed by atoms with Crippen molar-refractivity contribution in [2.45, 2.75) is 20.0 Å². The van der Waals surface area contributed by atoms with Gasteiger partial charge in [0.1, 0.15) is 6.10 Å². The molecule has 1 heterocycles. The Morgan fingerprint density at radius 2 is 1.79 bits per heavy atom. The first-order valence-electron chi connectivity index (χ1n) is 4.62. The number of cyclic esters (lactones) is 1. The van der Waals surface area contributed by atoms with Crippen LogP contribution in [-0.2, 0) is 9.53 Å². The molecule has 1 aliphatic heterocycles. The molecule has 0 saturated heterocycles. The summed E-state index contributed by atoms with van der Waals surface area (Å²) in [6.07, 6.45) is 1.37. The topological polar surface area (TPSA) is 26.3 Å². The third-order valence-electron chi connectivity index (χ3n) is 2.37. The van der Waals surface area contributed by atoms with E-state index in [1.54, 1.807) is 6.08 Å². The van der Waals surface area contributed by atoms with E-state index in [0.29, 0.717) is 0 Å². The smallest absolute Gasteiger partial charge is 0.331 e. The molecule has 0 aromatic heterocycles. The highest BCUT2D eigenvalue weighted by Crippen LogP contribution is 2.30. The van der Waals surface area contributed by atoms with Crippen molar-refractivity contribution in [2.24, 2.45) is 0 Å². The van der Waals surface area contributed by atoms with Gasteiger partial charge in [0.25, 0.3) is 0 Å². The highest BCUT2D eigenvalue weighted by atomic mass is 16.5. The monoisotopic (exact) mass is 188 g/mol. The lowest BCUT2D eigenvalue weighted by Gasteiger charge is -2.11. The number of rotatable bonds is 1. The van der Waals surface area contributed by atoms with E-state index in [2.05, 4.69) is 0 Å². The third-order valence-corrected chi connectivity index (χ3v) is 2.37. The van der Waals surface area contributed by atoms with Gasteiger partial charge in [-0.15, -0.1) is 0 Å². The van der Waals surface area contributed by atoms with Crippen LogP contribution in [-0.4, -0.2) is 5.97 Å². The normalized spacial score (nSPS) is 20.6. The predicted octanol–water partition coefficient (Wildman–Crippen LogP) is 2.54. The summed E-state index contributed by atoms with van der Waals surface area (Å²) in [7, 11) is 0. The fourth-order valence-corrected chi connectivity index (χ4v) is 1.58. The van der Waals surface area contributed by atoms with Gasteiger partial charge in [0.15, 0.2) is 0 Å². The van der Waals surface area contributed by atoms with E-state index in [9.17, 15) is 4.79 Å². The fraction of sp³-hybridized carbons (Fsp3) is 0.250. The van der Waals surface area contributed by atoms with Gasteiger partial charge >= 0.3 is 5.97 Å². The van der Waals surface area contributed by atoms with Crippen molar-refractivity contribution in [3.63, 3.8) is 0 Å². The molecule has 0 radical (unpaired) electrons. The highest BCUT2D eigenvalue weighted by molar-refractivity contribution is 5.85. The second-order valence-corrected chi connectivity index (χ2v) is 3.62. The van der Waals surface area contributed by atoms with Crippen LogP contribution in [0.1, 0.15) is 24.2 Å². The summed E-state index contributed by atoms with van der Waals surface area (Å²) in [5.41, 5.74) is 3.22. The molecule has 2 heteroatoms. The molecule has 2 nitrogen and oxygen atoms in total. The average Bonchev–Trinajstić information content (AvgIpc) is 2.47. The molecule has 14 heavy (non-hydrogen) atoms. The number of hydrogen-bond donors (Lipinski definition) is 0. The Balaban J connectivity index is 2.29. The average molecular weight is 188 g/mol. The van der Waals surface area contributed by atoms with Crippen LogP contribution >= 0.6 is 0 Å². The van der Waals surface area contributed by atoms with Crippen LogP contribution in [0.3, 0.4) is 0 Å². The van der Waals surface area contributed by atoms with Gasteiger partial charge < -0.3 is 4.74 Å². The number of aryl methyl sites for hydroxylation is 1. The summed E-state index contributed by atoms with van der Waals surface area (Å²) >= 11 is 0. The molecule has 2 rings (SSSR count). The van der Waals surface area contributed by atoms with Crippen molar-refractivity contribution < 1.29 is 9.53 Å². The zero-order valence-electron chi connectivity index (χ0n) is 8.28. The molecular weight excluding hydrogens is 176 g/mol. The van der Waals surface area contributed by atoms with Crippen LogP contribution in [0.5, 0.6) is 0 Å². The van der Waals surface area contributed by atoms with Crippen molar-refractivity contribution >= 4 is 5.97 Å². The van der Waals surface area contributed by atoms with Gasteiger partial charge in [0, 0.05) is 6.08 Å². The lowest BCUT2D eigenvalue weighted by Crippen LogP contribution is -2.01. The first-order valence-corrected chi connectivity index (χ1v) is 4.62. The number of benzene rings is 1. The summed E-state index contributed by atoms with van der Waals surface area (Å²) in [5, 5.41) is 0. The molecule has 0 fully saturated rings. The van der Waals surface area contributed by atoms with Crippen LogP contribution in [0.4, 0.5) is 0 Å². The lowest BCUT2D eigenvalue weighted by atomic mass is 10.0. The number of esters is 1. The van der Waals surface area contributed by atoms with Gasteiger partial charge in [-0.1, -0.05) is 29.8 Å². The fourth-order valence-electron chi connectivity index (χ4n) is 1.58. The van der Waals surface area contributed by atoms with E-state index in [1.165, 1.54) is 5.56 Å². The first-order chi connectivity index (χ1) is 6.66. The zero-order valence-corrected chi connectivity index (χ0v) is 8.28. The van der Waals surface area contributed by atoms with Crippen molar-refractivity contribution in [2.75, 3.05) is 0 Å². The van der Waals surface area contributed by atoms with E-state index < -0.39 is 0 Å². The van der Waals surface area contributed by atoms with Gasteiger partial charge in [0.2, 0.25) is 0 Å². The van der Waals surface area contributed by atoms with Crippen LogP contribution in [0.2, 0.25) is 0 Å². The molecule has 72 valence electrons. The van der Waals surface area contributed by atoms with Crippen LogP contribution < -0.4 is 0 Å². The van der Waals surface area contributed by atoms with E-state index in [4.69, 9.17) is 4.74 Å². The van der Waals surface area contributed by atoms with Gasteiger partial charge in [0.05, 0.1) is 0 Å². The minimum absolute atomic E-state index is 0.178. The molecule has 1 atom stereocenters. The van der Waals surface area contributed by atoms with Gasteiger partial charge in [-0.3, -0.25) is 0 Å². The number of ether oxygens (including phenoxy) is 1. The van der Waals surface area contributed by atoms with Gasteiger partial charge in [-0.05, 0) is 25.0 Å². The van der Waals surface area contributed by atoms with Crippen LogP contribution in [0.25, 0.3) is 0 Å². The van der Waals surface area contributed by atoms with Crippen molar-refractivity contribution in [1.29, 1.82) is 0 Å². The Hall–Kier alpha value is -1.57. The summed E-state index contributed by atoms with van der Waals surface area (Å²) in [5.74, 6) is -0.243. The predicted molar refractivity (Wildman–Crippen MR) is 53.8 cm³/mol. The number of carbonyl (C=O) groups is 1. The minimum atomic E-state index is -0.243. The van der Waals surface area contributed by atoms with Crippen molar-refractivity contribution in [3.8, 4) is 0 Å². The Labute approximate surface area is 83.2 Å². The molecule has 0 spiro atoms. The maximum atomic E-state index is 11.0. The number of carbonyl (C=O) groups excluding carboxylic acids is 1. The lowest BCUT2D eigenvalue weighted by molar-refractivity contribution is -0.139. The molecular formula is C12H12O2. The highest BCUT2D eigenvalue weighted by Gasteiger charge is 2.24. The molecule has 0 N–H and O–H groups in total. The maximum absolute atomic E-state index is 11.0. The third kappa shape index (κ3) is 1.55. The molecule has 0 bridgehead atoms. The standard InChI is InChI=1S/C12H12O2/c1-8-3-5-10(6-4-8)12-9(2)7-11(13)14-12/h3-7,12H,1-2H3. The Kier molecular flexibility index (Phi) is 2.12. The Bertz CT molecular complexity index is 387. The minimum Gasteiger partial charge on any atom is -0.450 e.